The van der Waals surface area contributed by atoms with Gasteiger partial charge in [0.25, 0.3) is 5.97 Å². The molecule has 0 aliphatic rings. The van der Waals surface area contributed by atoms with Crippen molar-refractivity contribution in [1.82, 2.24) is 0 Å². The summed E-state index contributed by atoms with van der Waals surface area (Å²) in [6.45, 7) is 3.85. The van der Waals surface area contributed by atoms with E-state index in [1.807, 2.05) is 25.1 Å². The summed E-state index contributed by atoms with van der Waals surface area (Å²) in [7, 11) is 1.35. The normalized spacial score (nSPS) is 10.6. The van der Waals surface area contributed by atoms with Gasteiger partial charge in [0.15, 0.2) is 6.04 Å². The molecule has 2 aromatic rings. The Hall–Kier alpha value is -3.57. The van der Waals surface area contributed by atoms with Crippen molar-refractivity contribution in [3.8, 4) is 11.8 Å². The maximum Gasteiger partial charge on any atom is 0.333 e. The average molecular weight is 413 g/mol. The molecule has 160 valence electrons. The van der Waals surface area contributed by atoms with Gasteiger partial charge < -0.3 is 25.6 Å². The molecule has 0 aromatic heterocycles. The minimum Gasteiger partial charge on any atom is -0.492 e. The van der Waals surface area contributed by atoms with Crippen LogP contribution >= 0.6 is 0 Å². The Morgan fingerprint density at radius 2 is 1.87 bits per heavy atom. The number of hydrogen-bond acceptors (Lipinski definition) is 7. The molecule has 2 aromatic carbocycles. The van der Waals surface area contributed by atoms with E-state index in [2.05, 4.69) is 11.4 Å². The molecule has 1 unspecified atom stereocenters. The highest BCUT2D eigenvalue weighted by Crippen LogP contribution is 2.30. The van der Waals surface area contributed by atoms with Crippen molar-refractivity contribution in [1.29, 1.82) is 5.26 Å². The van der Waals surface area contributed by atoms with E-state index in [0.29, 0.717) is 35.7 Å². The summed E-state index contributed by atoms with van der Waals surface area (Å²) >= 11 is 0. The first-order valence-electron chi connectivity index (χ1n) is 9.35. The molecule has 0 spiro atoms. The van der Waals surface area contributed by atoms with Crippen LogP contribution in [0.3, 0.4) is 0 Å². The Morgan fingerprint density at radius 3 is 2.37 bits per heavy atom. The lowest BCUT2D eigenvalue weighted by Crippen LogP contribution is -2.24. The highest BCUT2D eigenvalue weighted by molar-refractivity contribution is 5.82. The number of aryl methyl sites for hydroxylation is 1. The number of carbonyl (C=O) groups is 2. The fourth-order valence-corrected chi connectivity index (χ4v) is 2.53. The van der Waals surface area contributed by atoms with E-state index in [9.17, 15) is 4.79 Å². The zero-order valence-electron chi connectivity index (χ0n) is 17.3. The maximum absolute atomic E-state index is 12.4. The van der Waals surface area contributed by atoms with E-state index in [4.69, 9.17) is 30.4 Å². The summed E-state index contributed by atoms with van der Waals surface area (Å²) in [4.78, 5) is 21.4. The van der Waals surface area contributed by atoms with Crippen molar-refractivity contribution >= 4 is 17.6 Å². The van der Waals surface area contributed by atoms with Crippen LogP contribution in [0.15, 0.2) is 42.5 Å². The second-order valence-electron chi connectivity index (χ2n) is 6.17. The van der Waals surface area contributed by atoms with E-state index in [1.54, 1.807) is 24.3 Å². The molecule has 4 N–H and O–H groups in total. The summed E-state index contributed by atoms with van der Waals surface area (Å²) < 4.78 is 10.7. The number of carboxylic acids is 1. The number of methoxy groups -OCH3 is 1. The molecule has 0 aliphatic carbocycles. The average Bonchev–Trinajstić information content (AvgIpc) is 2.75. The van der Waals surface area contributed by atoms with Crippen LogP contribution in [0.5, 0.6) is 5.75 Å². The molecule has 0 saturated heterocycles. The van der Waals surface area contributed by atoms with Crippen molar-refractivity contribution in [2.75, 3.05) is 25.6 Å². The van der Waals surface area contributed by atoms with Crippen LogP contribution in [0.1, 0.15) is 36.6 Å². The van der Waals surface area contributed by atoms with E-state index < -0.39 is 18.0 Å². The molecule has 0 aliphatic heterocycles. The smallest absolute Gasteiger partial charge is 0.333 e. The Balaban J connectivity index is 0.00000103. The molecule has 1 atom stereocenters. The first-order chi connectivity index (χ1) is 14.4. The predicted molar refractivity (Wildman–Crippen MR) is 113 cm³/mol. The Kier molecular flexibility index (Phi) is 10.4. The quantitative estimate of drug-likeness (QED) is 0.562. The summed E-state index contributed by atoms with van der Waals surface area (Å²) in [6, 6.07) is 13.9. The van der Waals surface area contributed by atoms with Gasteiger partial charge in [-0.15, -0.1) is 0 Å². The van der Waals surface area contributed by atoms with Crippen molar-refractivity contribution in [2.45, 2.75) is 26.3 Å². The van der Waals surface area contributed by atoms with Crippen LogP contribution < -0.4 is 15.8 Å². The van der Waals surface area contributed by atoms with Gasteiger partial charge in [-0.1, -0.05) is 13.0 Å². The topological polar surface area (TPSA) is 135 Å². The number of nitriles is 1. The summed E-state index contributed by atoms with van der Waals surface area (Å²) in [5.74, 6) is -0.676. The van der Waals surface area contributed by atoms with Crippen molar-refractivity contribution in [2.24, 2.45) is 5.73 Å². The number of nitrogens with one attached hydrogen (secondary N) is 1. The highest BCUT2D eigenvalue weighted by atomic mass is 16.5. The van der Waals surface area contributed by atoms with Crippen LogP contribution in [0.4, 0.5) is 5.69 Å². The number of carboxylic acid groups (broad SMARTS) is 1. The lowest BCUT2D eigenvalue weighted by Gasteiger charge is -2.22. The van der Waals surface area contributed by atoms with E-state index >= 15 is 0 Å². The number of carbonyl (C=O) groups excluding carboxylic acids is 1. The fraction of sp³-hybridized carbons (Fsp3) is 0.318. The molecule has 30 heavy (non-hydrogen) atoms. The van der Waals surface area contributed by atoms with Gasteiger partial charge in [0.1, 0.15) is 12.4 Å². The van der Waals surface area contributed by atoms with Crippen molar-refractivity contribution in [3.63, 3.8) is 0 Å². The van der Waals surface area contributed by atoms with E-state index in [0.717, 1.165) is 18.9 Å². The Labute approximate surface area is 176 Å². The third kappa shape index (κ3) is 7.81. The van der Waals surface area contributed by atoms with Crippen LogP contribution in [-0.2, 0) is 20.7 Å². The first-order valence-corrected chi connectivity index (χ1v) is 9.35. The number of benzene rings is 2. The second-order valence-corrected chi connectivity index (χ2v) is 6.17. The monoisotopic (exact) mass is 413 g/mol. The van der Waals surface area contributed by atoms with Crippen LogP contribution in [-0.4, -0.2) is 37.3 Å². The fourth-order valence-electron chi connectivity index (χ4n) is 2.53. The number of aliphatic carboxylic acids is 1. The molecule has 0 saturated carbocycles. The third-order valence-corrected chi connectivity index (χ3v) is 3.93. The largest absolute Gasteiger partial charge is 0.492 e. The standard InChI is InChI=1S/C20H23N3O3.C2H4O2/c1-3-14-6-9-18(26-11-10-21)17(12-14)19(20(24)25-2)23-16-7-4-15(13-22)5-8-16;1-2(3)4/h4-9,12,19,23H,3,10-11,21H2,1-2H3;1H3,(H,3,4). The van der Waals surface area contributed by atoms with Crippen molar-refractivity contribution < 1.29 is 24.2 Å². The van der Waals surface area contributed by atoms with Gasteiger partial charge in [0, 0.05) is 24.7 Å². The SMILES string of the molecule is CC(=O)O.CCc1ccc(OCCN)c(C(Nc2ccc(C#N)cc2)C(=O)OC)c1. The van der Waals surface area contributed by atoms with Gasteiger partial charge in [-0.25, -0.2) is 4.79 Å². The molecule has 0 heterocycles. The van der Waals surface area contributed by atoms with Gasteiger partial charge >= 0.3 is 5.97 Å². The van der Waals surface area contributed by atoms with Crippen LogP contribution in [0.25, 0.3) is 0 Å². The molecule has 0 radical (unpaired) electrons. The number of hydrogen-bond donors (Lipinski definition) is 3. The number of nitrogens with two attached hydrogens (primary N) is 1. The zero-order chi connectivity index (χ0) is 22.5. The predicted octanol–water partition coefficient (Wildman–Crippen LogP) is 2.88. The zero-order valence-corrected chi connectivity index (χ0v) is 17.3. The Bertz CT molecular complexity index is 871. The molecule has 0 bridgehead atoms. The van der Waals surface area contributed by atoms with Gasteiger partial charge in [-0.3, -0.25) is 4.79 Å². The molecular formula is C22H27N3O5. The van der Waals surface area contributed by atoms with Gasteiger partial charge in [0.2, 0.25) is 0 Å². The minimum atomic E-state index is -0.833. The molecular weight excluding hydrogens is 386 g/mol. The van der Waals surface area contributed by atoms with Gasteiger partial charge in [-0.05, 0) is 48.4 Å². The Morgan fingerprint density at radius 1 is 1.23 bits per heavy atom. The number of rotatable bonds is 8. The molecule has 2 rings (SSSR count). The lowest BCUT2D eigenvalue weighted by molar-refractivity contribution is -0.141. The summed E-state index contributed by atoms with van der Waals surface area (Å²) in [6.07, 6.45) is 0.828. The lowest BCUT2D eigenvalue weighted by atomic mass is 10.0. The number of ether oxygens (including phenoxy) is 2. The third-order valence-electron chi connectivity index (χ3n) is 3.93. The highest BCUT2D eigenvalue weighted by Gasteiger charge is 2.25. The van der Waals surface area contributed by atoms with Crippen LogP contribution in [0.2, 0.25) is 0 Å². The van der Waals surface area contributed by atoms with E-state index in [1.165, 1.54) is 7.11 Å². The van der Waals surface area contributed by atoms with Crippen LogP contribution in [0, 0.1) is 11.3 Å². The van der Waals surface area contributed by atoms with Gasteiger partial charge in [0.05, 0.1) is 18.7 Å². The van der Waals surface area contributed by atoms with Crippen molar-refractivity contribution in [3.05, 3.63) is 59.2 Å². The maximum atomic E-state index is 12.4. The minimum absolute atomic E-state index is 0.350. The first kappa shape index (κ1) is 24.5. The molecule has 0 fully saturated rings. The molecule has 8 nitrogen and oxygen atoms in total. The summed E-state index contributed by atoms with van der Waals surface area (Å²) in [5, 5.41) is 19.5. The summed E-state index contributed by atoms with van der Waals surface area (Å²) in [5.41, 5.74) is 8.55. The molecule has 0 amide bonds. The van der Waals surface area contributed by atoms with Gasteiger partial charge in [-0.2, -0.15) is 5.26 Å². The number of nitrogens with zero attached hydrogens (tertiary/aromatic N) is 1. The number of anilines is 1. The molecule has 8 heteroatoms. The second kappa shape index (κ2) is 12.8. The number of esters is 1. The van der Waals surface area contributed by atoms with E-state index in [-0.39, 0.29) is 0 Å².